The van der Waals surface area contributed by atoms with Gasteiger partial charge in [0.1, 0.15) is 11.8 Å². The maximum atomic E-state index is 13.0. The highest BCUT2D eigenvalue weighted by molar-refractivity contribution is 6.30. The molecule has 182 valence electrons. The smallest absolute Gasteiger partial charge is 0.239 e. The monoisotopic (exact) mass is 484 g/mol. The van der Waals surface area contributed by atoms with Crippen molar-refractivity contribution < 1.29 is 14.3 Å². The average molecular weight is 485 g/mol. The van der Waals surface area contributed by atoms with Crippen LogP contribution in [0.2, 0.25) is 5.02 Å². The largest absolute Gasteiger partial charge is 0.497 e. The lowest BCUT2D eigenvalue weighted by molar-refractivity contribution is -0.126. The van der Waals surface area contributed by atoms with Crippen molar-refractivity contribution >= 4 is 23.4 Å². The Morgan fingerprint density at radius 3 is 2.74 bits per heavy atom. The van der Waals surface area contributed by atoms with Gasteiger partial charge in [0.05, 0.1) is 7.11 Å². The van der Waals surface area contributed by atoms with Crippen LogP contribution in [0.25, 0.3) is 0 Å². The second kappa shape index (κ2) is 11.2. The van der Waals surface area contributed by atoms with E-state index in [0.717, 1.165) is 29.8 Å². The third kappa shape index (κ3) is 5.90. The number of carbonyl (C=O) groups is 2. The first-order valence-corrected chi connectivity index (χ1v) is 12.2. The Kier molecular flexibility index (Phi) is 8.08. The van der Waals surface area contributed by atoms with E-state index in [1.54, 1.807) is 7.11 Å². The molecule has 0 saturated carbocycles. The van der Waals surface area contributed by atoms with Crippen LogP contribution in [0.3, 0.4) is 0 Å². The van der Waals surface area contributed by atoms with Crippen LogP contribution in [0.5, 0.6) is 5.75 Å². The average Bonchev–Trinajstić information content (AvgIpc) is 3.21. The maximum Gasteiger partial charge on any atom is 0.239 e. The summed E-state index contributed by atoms with van der Waals surface area (Å²) in [5, 5.41) is 6.83. The van der Waals surface area contributed by atoms with Crippen molar-refractivity contribution in [2.24, 2.45) is 0 Å². The topological polar surface area (TPSA) is 73.9 Å². The van der Waals surface area contributed by atoms with Gasteiger partial charge in [-0.15, -0.1) is 0 Å². The van der Waals surface area contributed by atoms with Gasteiger partial charge in [-0.3, -0.25) is 19.4 Å². The molecule has 2 saturated heterocycles. The summed E-state index contributed by atoms with van der Waals surface area (Å²) in [6.07, 6.45) is 2.04. The van der Waals surface area contributed by atoms with E-state index in [9.17, 15) is 9.59 Å². The van der Waals surface area contributed by atoms with Crippen molar-refractivity contribution in [2.45, 2.75) is 50.5 Å². The zero-order chi connectivity index (χ0) is 24.1. The van der Waals surface area contributed by atoms with Crippen LogP contribution < -0.4 is 15.4 Å². The number of hydrogen-bond donors (Lipinski definition) is 2. The molecule has 4 rings (SSSR count). The normalized spacial score (nSPS) is 23.1. The lowest BCUT2D eigenvalue weighted by Gasteiger charge is -2.33. The molecular weight excluding hydrogens is 452 g/mol. The lowest BCUT2D eigenvalue weighted by atomic mass is 10.0. The van der Waals surface area contributed by atoms with Crippen LogP contribution >= 0.6 is 11.6 Å². The number of likely N-dealkylation sites (tertiary alicyclic amines) is 1. The molecule has 0 bridgehead atoms. The molecule has 0 radical (unpaired) electrons. The minimum Gasteiger partial charge on any atom is -0.497 e. The number of hydrogen-bond acceptors (Lipinski definition) is 5. The molecule has 0 spiro atoms. The second-order valence-electron chi connectivity index (χ2n) is 9.13. The van der Waals surface area contributed by atoms with Gasteiger partial charge in [-0.2, -0.15) is 0 Å². The third-order valence-corrected chi connectivity index (χ3v) is 7.21. The minimum atomic E-state index is -0.196. The molecule has 0 aromatic heterocycles. The maximum absolute atomic E-state index is 13.0. The standard InChI is InChI=1S/C26H33ClN4O3/c1-30-21(8-11-24(32)28-15-18-6-9-22(34-2)10-7-18)16-29-26(33)25-23(30)12-13-31(25)17-19-4-3-5-20(27)14-19/h3-7,9-10,14,21,23,25H,8,11-13,15-17H2,1-2H3,(H,28,32)(H,29,33)/t21-,23+,25-/m0/s1. The van der Waals surface area contributed by atoms with E-state index in [4.69, 9.17) is 16.3 Å². The summed E-state index contributed by atoms with van der Waals surface area (Å²) in [6.45, 7) is 2.60. The molecule has 7 nitrogen and oxygen atoms in total. The van der Waals surface area contributed by atoms with E-state index in [-0.39, 0.29) is 29.9 Å². The first-order chi connectivity index (χ1) is 16.4. The quantitative estimate of drug-likeness (QED) is 0.602. The lowest BCUT2D eigenvalue weighted by Crippen LogP contribution is -2.49. The van der Waals surface area contributed by atoms with Crippen molar-refractivity contribution in [3.8, 4) is 5.75 Å². The fourth-order valence-corrected chi connectivity index (χ4v) is 5.24. The number of benzene rings is 2. The number of rotatable bonds is 8. The van der Waals surface area contributed by atoms with Crippen molar-refractivity contribution in [3.05, 3.63) is 64.7 Å². The molecule has 2 aliphatic rings. The van der Waals surface area contributed by atoms with Gasteiger partial charge in [-0.05, 0) is 55.3 Å². The number of nitrogens with one attached hydrogen (secondary N) is 2. The van der Waals surface area contributed by atoms with Crippen LogP contribution in [0.1, 0.15) is 30.4 Å². The predicted octanol–water partition coefficient (Wildman–Crippen LogP) is 2.82. The highest BCUT2D eigenvalue weighted by Gasteiger charge is 2.44. The highest BCUT2D eigenvalue weighted by Crippen LogP contribution is 2.29. The van der Waals surface area contributed by atoms with Crippen LogP contribution in [-0.2, 0) is 22.7 Å². The van der Waals surface area contributed by atoms with Gasteiger partial charge in [-0.1, -0.05) is 35.9 Å². The Labute approximate surface area is 206 Å². The first-order valence-electron chi connectivity index (χ1n) is 11.8. The van der Waals surface area contributed by atoms with Crippen molar-refractivity contribution in [1.29, 1.82) is 0 Å². The third-order valence-electron chi connectivity index (χ3n) is 6.98. The van der Waals surface area contributed by atoms with Gasteiger partial charge >= 0.3 is 0 Å². The zero-order valence-corrected chi connectivity index (χ0v) is 20.6. The molecule has 2 N–H and O–H groups in total. The Bertz CT molecular complexity index is 1000. The van der Waals surface area contributed by atoms with Crippen molar-refractivity contribution in [3.63, 3.8) is 0 Å². The van der Waals surface area contributed by atoms with Crippen LogP contribution in [0, 0.1) is 0 Å². The number of likely N-dealkylation sites (N-methyl/N-ethyl adjacent to an activating group) is 1. The Morgan fingerprint density at radius 1 is 1.21 bits per heavy atom. The van der Waals surface area contributed by atoms with Crippen LogP contribution in [0.4, 0.5) is 0 Å². The zero-order valence-electron chi connectivity index (χ0n) is 19.8. The summed E-state index contributed by atoms with van der Waals surface area (Å²) in [5.74, 6) is 0.887. The van der Waals surface area contributed by atoms with Gasteiger partial charge in [0.15, 0.2) is 0 Å². The van der Waals surface area contributed by atoms with Crippen molar-refractivity contribution in [2.75, 3.05) is 27.2 Å². The molecule has 34 heavy (non-hydrogen) atoms. The van der Waals surface area contributed by atoms with Crippen LogP contribution in [-0.4, -0.2) is 67.0 Å². The summed E-state index contributed by atoms with van der Waals surface area (Å²) in [7, 11) is 3.72. The summed E-state index contributed by atoms with van der Waals surface area (Å²) in [6, 6.07) is 15.5. The molecule has 8 heteroatoms. The van der Waals surface area contributed by atoms with Crippen LogP contribution in [0.15, 0.2) is 48.5 Å². The van der Waals surface area contributed by atoms with Gasteiger partial charge in [0.25, 0.3) is 0 Å². The predicted molar refractivity (Wildman–Crippen MR) is 133 cm³/mol. The summed E-state index contributed by atoms with van der Waals surface area (Å²) >= 11 is 6.15. The van der Waals surface area contributed by atoms with Gasteiger partial charge in [0.2, 0.25) is 11.8 Å². The van der Waals surface area contributed by atoms with Gasteiger partial charge in [-0.25, -0.2) is 0 Å². The van der Waals surface area contributed by atoms with E-state index in [2.05, 4.69) is 27.5 Å². The number of halogens is 1. The molecule has 2 aromatic carbocycles. The molecule has 2 amide bonds. The summed E-state index contributed by atoms with van der Waals surface area (Å²) in [4.78, 5) is 30.0. The fraction of sp³-hybridized carbons (Fsp3) is 0.462. The van der Waals surface area contributed by atoms with Crippen molar-refractivity contribution in [1.82, 2.24) is 20.4 Å². The van der Waals surface area contributed by atoms with E-state index < -0.39 is 0 Å². The Balaban J connectivity index is 1.30. The first kappa shape index (κ1) is 24.5. The van der Waals surface area contributed by atoms with E-state index >= 15 is 0 Å². The van der Waals surface area contributed by atoms with E-state index in [1.807, 2.05) is 48.5 Å². The number of methoxy groups -OCH3 is 1. The number of ether oxygens (including phenoxy) is 1. The number of amides is 2. The molecule has 0 aliphatic carbocycles. The Hall–Kier alpha value is -2.61. The summed E-state index contributed by atoms with van der Waals surface area (Å²) < 4.78 is 5.17. The molecule has 0 unspecified atom stereocenters. The van der Waals surface area contributed by atoms with E-state index in [1.165, 1.54) is 0 Å². The minimum absolute atomic E-state index is 0.0188. The van der Waals surface area contributed by atoms with Gasteiger partial charge in [0, 0.05) is 49.7 Å². The SMILES string of the molecule is COc1ccc(CNC(=O)CC[C@H]2CNC(=O)[C@@H]3[C@@H](CCN3Cc3cccc(Cl)c3)N2C)cc1. The molecule has 2 aliphatic heterocycles. The van der Waals surface area contributed by atoms with Gasteiger partial charge < -0.3 is 15.4 Å². The number of nitrogens with zero attached hydrogens (tertiary/aromatic N) is 2. The Morgan fingerprint density at radius 2 is 2.00 bits per heavy atom. The van der Waals surface area contributed by atoms with E-state index in [0.29, 0.717) is 37.5 Å². The highest BCUT2D eigenvalue weighted by atomic mass is 35.5. The number of fused-ring (bicyclic) bond motifs is 1. The molecule has 3 atom stereocenters. The number of carbonyl (C=O) groups excluding carboxylic acids is 2. The second-order valence-corrected chi connectivity index (χ2v) is 9.57. The fourth-order valence-electron chi connectivity index (χ4n) is 5.03. The molecular formula is C26H33ClN4O3. The molecule has 2 aromatic rings. The molecule has 2 heterocycles. The molecule has 2 fully saturated rings. The summed E-state index contributed by atoms with van der Waals surface area (Å²) in [5.41, 5.74) is 2.14.